The van der Waals surface area contributed by atoms with E-state index in [1.54, 1.807) is 0 Å². The summed E-state index contributed by atoms with van der Waals surface area (Å²) in [5.41, 5.74) is 1.48. The molecule has 6 atom stereocenters. The van der Waals surface area contributed by atoms with Crippen molar-refractivity contribution < 1.29 is 9.84 Å². The average molecular weight is 236 g/mol. The summed E-state index contributed by atoms with van der Waals surface area (Å²) >= 11 is 0. The van der Waals surface area contributed by atoms with E-state index in [1.165, 1.54) is 18.4 Å². The van der Waals surface area contributed by atoms with Gasteiger partial charge in [-0.15, -0.1) is 0 Å². The Kier molecular flexibility index (Phi) is 2.47. The van der Waals surface area contributed by atoms with Crippen LogP contribution in [0.25, 0.3) is 0 Å². The molecule has 0 aromatic heterocycles. The van der Waals surface area contributed by atoms with Gasteiger partial charge in [0.25, 0.3) is 0 Å². The predicted molar refractivity (Wildman–Crippen MR) is 67.2 cm³/mol. The van der Waals surface area contributed by atoms with Crippen molar-refractivity contribution in [3.05, 3.63) is 12.2 Å². The molecule has 4 bridgehead atoms. The van der Waals surface area contributed by atoms with Gasteiger partial charge in [0.15, 0.2) is 6.29 Å². The molecule has 1 saturated heterocycles. The summed E-state index contributed by atoms with van der Waals surface area (Å²) in [4.78, 5) is 0. The molecular formula is C15H24O2. The van der Waals surface area contributed by atoms with Gasteiger partial charge in [-0.25, -0.2) is 0 Å². The highest BCUT2D eigenvalue weighted by Gasteiger charge is 2.62. The highest BCUT2D eigenvalue weighted by atomic mass is 16.6. The van der Waals surface area contributed by atoms with Crippen molar-refractivity contribution in [1.82, 2.24) is 0 Å². The highest BCUT2D eigenvalue weighted by molar-refractivity contribution is 5.28. The maximum absolute atomic E-state index is 10.1. The average Bonchev–Trinajstić information content (AvgIpc) is 2.35. The number of hydrogen-bond acceptors (Lipinski definition) is 2. The van der Waals surface area contributed by atoms with E-state index >= 15 is 0 Å². The van der Waals surface area contributed by atoms with Crippen LogP contribution >= 0.6 is 0 Å². The molecule has 96 valence electrons. The third-order valence-corrected chi connectivity index (χ3v) is 5.94. The number of rotatable bonds is 1. The van der Waals surface area contributed by atoms with Crippen LogP contribution in [0.4, 0.5) is 0 Å². The van der Waals surface area contributed by atoms with E-state index < -0.39 is 6.29 Å². The van der Waals surface area contributed by atoms with Gasteiger partial charge in [0, 0.05) is 5.92 Å². The van der Waals surface area contributed by atoms with E-state index in [4.69, 9.17) is 4.74 Å². The molecule has 1 aliphatic heterocycles. The molecule has 2 saturated carbocycles. The SMILES string of the molecule is C=C1[C@H]2[C@H]3[C@@H](C(C)C)CC[C@]1(C)[C@H]3CO[C@@H]2O. The zero-order valence-electron chi connectivity index (χ0n) is 11.1. The summed E-state index contributed by atoms with van der Waals surface area (Å²) < 4.78 is 5.56. The first-order valence-electron chi connectivity index (χ1n) is 6.95. The second-order valence-electron chi connectivity index (χ2n) is 6.82. The fourth-order valence-corrected chi connectivity index (χ4v) is 4.84. The molecule has 0 aromatic carbocycles. The smallest absolute Gasteiger partial charge is 0.161 e. The number of hydrogen-bond donors (Lipinski definition) is 1. The van der Waals surface area contributed by atoms with Crippen LogP contribution in [-0.2, 0) is 4.74 Å². The lowest BCUT2D eigenvalue weighted by Crippen LogP contribution is -2.46. The molecule has 0 unspecified atom stereocenters. The second-order valence-corrected chi connectivity index (χ2v) is 6.82. The molecule has 0 spiro atoms. The molecule has 2 nitrogen and oxygen atoms in total. The Bertz CT molecular complexity index is 349. The van der Waals surface area contributed by atoms with E-state index in [-0.39, 0.29) is 11.3 Å². The molecule has 1 N–H and O–H groups in total. The van der Waals surface area contributed by atoms with Crippen LogP contribution in [0, 0.1) is 35.0 Å². The van der Waals surface area contributed by atoms with Crippen molar-refractivity contribution in [3.8, 4) is 0 Å². The first-order valence-corrected chi connectivity index (χ1v) is 6.95. The van der Waals surface area contributed by atoms with E-state index in [0.29, 0.717) is 17.8 Å². The molecule has 0 amide bonds. The molecule has 17 heavy (non-hydrogen) atoms. The van der Waals surface area contributed by atoms with Gasteiger partial charge >= 0.3 is 0 Å². The summed E-state index contributed by atoms with van der Waals surface area (Å²) in [5.74, 6) is 2.81. The zero-order valence-corrected chi connectivity index (χ0v) is 11.1. The quantitative estimate of drug-likeness (QED) is 0.709. The third kappa shape index (κ3) is 1.34. The molecule has 0 radical (unpaired) electrons. The van der Waals surface area contributed by atoms with Crippen LogP contribution in [0.5, 0.6) is 0 Å². The molecular weight excluding hydrogens is 212 g/mol. The van der Waals surface area contributed by atoms with Gasteiger partial charge < -0.3 is 9.84 Å². The topological polar surface area (TPSA) is 29.5 Å². The predicted octanol–water partition coefficient (Wildman–Crippen LogP) is 2.83. The van der Waals surface area contributed by atoms with Gasteiger partial charge in [0.1, 0.15) is 0 Å². The lowest BCUT2D eigenvalue weighted by atomic mass is 9.61. The van der Waals surface area contributed by atoms with Gasteiger partial charge in [0.2, 0.25) is 0 Å². The van der Waals surface area contributed by atoms with Crippen molar-refractivity contribution in [2.24, 2.45) is 35.0 Å². The van der Waals surface area contributed by atoms with E-state index in [0.717, 1.165) is 12.5 Å². The second kappa shape index (κ2) is 3.58. The Morgan fingerprint density at radius 2 is 2.18 bits per heavy atom. The van der Waals surface area contributed by atoms with Crippen molar-refractivity contribution >= 4 is 0 Å². The fourth-order valence-electron chi connectivity index (χ4n) is 4.84. The van der Waals surface area contributed by atoms with Gasteiger partial charge in [-0.3, -0.25) is 0 Å². The Balaban J connectivity index is 2.03. The zero-order chi connectivity index (χ0) is 12.4. The summed E-state index contributed by atoms with van der Waals surface area (Å²) in [6, 6.07) is 0. The largest absolute Gasteiger partial charge is 0.367 e. The summed E-state index contributed by atoms with van der Waals surface area (Å²) in [6.07, 6.45) is 1.91. The molecule has 3 aliphatic rings. The first-order chi connectivity index (χ1) is 7.97. The van der Waals surface area contributed by atoms with Gasteiger partial charge in [-0.1, -0.05) is 32.9 Å². The first kappa shape index (κ1) is 11.7. The van der Waals surface area contributed by atoms with Gasteiger partial charge in [0.05, 0.1) is 6.61 Å². The van der Waals surface area contributed by atoms with Gasteiger partial charge in [-0.05, 0) is 41.9 Å². The fraction of sp³-hybridized carbons (Fsp3) is 0.867. The Hall–Kier alpha value is -0.340. The Morgan fingerprint density at radius 1 is 1.47 bits per heavy atom. The maximum Gasteiger partial charge on any atom is 0.161 e. The normalized spacial score (nSPS) is 53.2. The standard InChI is InChI=1S/C15H24O2/c1-8(2)10-5-6-15(4)9(3)12-13(10)11(15)7-17-14(12)16/h8,10-14,16H,3,5-7H2,1-2,4H3/t10-,11+,12+,13+,14+,15+/m1/s1. The number of aliphatic hydroxyl groups is 1. The van der Waals surface area contributed by atoms with Crippen molar-refractivity contribution in [3.63, 3.8) is 0 Å². The molecule has 1 heterocycles. The highest BCUT2D eigenvalue weighted by Crippen LogP contribution is 2.66. The van der Waals surface area contributed by atoms with Gasteiger partial charge in [-0.2, -0.15) is 0 Å². The van der Waals surface area contributed by atoms with Crippen LogP contribution in [0.3, 0.4) is 0 Å². The summed E-state index contributed by atoms with van der Waals surface area (Å²) in [5, 5.41) is 10.1. The van der Waals surface area contributed by atoms with E-state index in [9.17, 15) is 5.11 Å². The molecule has 3 rings (SSSR count). The Morgan fingerprint density at radius 3 is 2.82 bits per heavy atom. The monoisotopic (exact) mass is 236 g/mol. The minimum Gasteiger partial charge on any atom is -0.367 e. The van der Waals surface area contributed by atoms with Crippen LogP contribution in [0.1, 0.15) is 33.6 Å². The molecule has 2 heteroatoms. The summed E-state index contributed by atoms with van der Waals surface area (Å²) in [7, 11) is 0. The Labute approximate surface area is 104 Å². The van der Waals surface area contributed by atoms with E-state index in [1.807, 2.05) is 0 Å². The lowest BCUT2D eigenvalue weighted by Gasteiger charge is -2.46. The maximum atomic E-state index is 10.1. The minimum absolute atomic E-state index is 0.189. The number of aliphatic hydroxyl groups excluding tert-OH is 1. The molecule has 3 fully saturated rings. The van der Waals surface area contributed by atoms with Crippen LogP contribution in [0.2, 0.25) is 0 Å². The minimum atomic E-state index is -0.607. The summed E-state index contributed by atoms with van der Waals surface area (Å²) in [6.45, 7) is 12.0. The van der Waals surface area contributed by atoms with E-state index in [2.05, 4.69) is 27.4 Å². The van der Waals surface area contributed by atoms with Crippen LogP contribution < -0.4 is 0 Å². The van der Waals surface area contributed by atoms with Crippen molar-refractivity contribution in [2.45, 2.75) is 39.9 Å². The molecule has 2 aliphatic carbocycles. The van der Waals surface area contributed by atoms with Crippen molar-refractivity contribution in [2.75, 3.05) is 6.61 Å². The van der Waals surface area contributed by atoms with Crippen molar-refractivity contribution in [1.29, 1.82) is 0 Å². The third-order valence-electron chi connectivity index (χ3n) is 5.94. The number of ether oxygens (including phenoxy) is 1. The van der Waals surface area contributed by atoms with Crippen LogP contribution in [0.15, 0.2) is 12.2 Å². The van der Waals surface area contributed by atoms with Crippen LogP contribution in [-0.4, -0.2) is 18.0 Å². The lowest BCUT2D eigenvalue weighted by molar-refractivity contribution is -0.193. The molecule has 0 aromatic rings.